The van der Waals surface area contributed by atoms with Gasteiger partial charge >= 0.3 is 12.5 Å². The maximum absolute atomic E-state index is 13.4. The van der Waals surface area contributed by atoms with Crippen molar-refractivity contribution in [2.24, 2.45) is 0 Å². The number of H-pyrrole nitrogens is 1. The number of imidazole rings is 1. The van der Waals surface area contributed by atoms with Crippen molar-refractivity contribution in [3.63, 3.8) is 0 Å². The normalized spacial score (nSPS) is 11.1. The molecule has 0 saturated heterocycles. The van der Waals surface area contributed by atoms with Gasteiger partial charge in [-0.3, -0.25) is 14.3 Å². The number of aromatic nitrogens is 4. The summed E-state index contributed by atoms with van der Waals surface area (Å²) in [4.78, 5) is 35.3. The van der Waals surface area contributed by atoms with Crippen molar-refractivity contribution in [3.8, 4) is 11.4 Å². The van der Waals surface area contributed by atoms with Gasteiger partial charge in [0, 0.05) is 6.20 Å². The zero-order chi connectivity index (χ0) is 20.4. The van der Waals surface area contributed by atoms with Gasteiger partial charge in [-0.1, -0.05) is 18.2 Å². The zero-order valence-corrected chi connectivity index (χ0v) is 14.9. The molecular weight excluding hydrogens is 382 g/mol. The van der Waals surface area contributed by atoms with Gasteiger partial charge in [0.05, 0.1) is 22.4 Å². The molecule has 0 radical (unpaired) electrons. The third-order valence-electron chi connectivity index (χ3n) is 4.27. The second-order valence-electron chi connectivity index (χ2n) is 6.07. The van der Waals surface area contributed by atoms with Gasteiger partial charge < -0.3 is 9.72 Å². The van der Waals surface area contributed by atoms with Crippen molar-refractivity contribution in [1.29, 1.82) is 0 Å². The highest BCUT2D eigenvalue weighted by molar-refractivity contribution is 5.89. The van der Waals surface area contributed by atoms with Crippen molar-refractivity contribution < 1.29 is 18.3 Å². The summed E-state index contributed by atoms with van der Waals surface area (Å²) in [6, 6.07) is 14.4. The minimum atomic E-state index is -2.85. The van der Waals surface area contributed by atoms with Crippen LogP contribution in [-0.2, 0) is 11.3 Å². The van der Waals surface area contributed by atoms with Crippen molar-refractivity contribution in [3.05, 3.63) is 82.5 Å². The quantitative estimate of drug-likeness (QED) is 0.521. The average Bonchev–Trinajstić information content (AvgIpc) is 3.11. The van der Waals surface area contributed by atoms with Gasteiger partial charge in [-0.15, -0.1) is 0 Å². The van der Waals surface area contributed by atoms with E-state index in [4.69, 9.17) is 4.74 Å². The van der Waals surface area contributed by atoms with Gasteiger partial charge in [0.25, 0.3) is 5.56 Å². The number of ether oxygens (including phenoxy) is 1. The van der Waals surface area contributed by atoms with Crippen molar-refractivity contribution in [2.45, 2.75) is 13.2 Å². The lowest BCUT2D eigenvalue weighted by atomic mass is 10.2. The topological polar surface area (TPSA) is 89.9 Å². The number of hydrogen-bond donors (Lipinski definition) is 1. The summed E-state index contributed by atoms with van der Waals surface area (Å²) in [5.74, 6) is -1.05. The largest absolute Gasteiger partial charge is 0.454 e. The van der Waals surface area contributed by atoms with Crippen LogP contribution >= 0.6 is 0 Å². The minimum absolute atomic E-state index is 0.115. The average molecular weight is 396 g/mol. The molecule has 3 heterocycles. The first-order chi connectivity index (χ1) is 14.0. The van der Waals surface area contributed by atoms with Crippen LogP contribution in [0.3, 0.4) is 0 Å². The number of pyridine rings is 2. The van der Waals surface area contributed by atoms with E-state index in [9.17, 15) is 18.4 Å². The molecule has 29 heavy (non-hydrogen) atoms. The molecule has 0 spiro atoms. The molecule has 146 valence electrons. The third kappa shape index (κ3) is 3.62. The Balaban J connectivity index is 1.56. The molecule has 0 saturated carbocycles. The van der Waals surface area contributed by atoms with Crippen molar-refractivity contribution in [2.75, 3.05) is 0 Å². The molecular formula is C20H14F2N4O3. The number of halogens is 2. The van der Waals surface area contributed by atoms with E-state index < -0.39 is 24.7 Å². The predicted molar refractivity (Wildman–Crippen MR) is 100 cm³/mol. The summed E-state index contributed by atoms with van der Waals surface area (Å²) >= 11 is 0. The molecule has 4 rings (SSSR count). The Hall–Kier alpha value is -3.88. The second-order valence-corrected chi connectivity index (χ2v) is 6.07. The van der Waals surface area contributed by atoms with Crippen LogP contribution in [0, 0.1) is 0 Å². The van der Waals surface area contributed by atoms with E-state index in [2.05, 4.69) is 15.0 Å². The Labute approximate surface area is 162 Å². The molecule has 9 heteroatoms. The maximum atomic E-state index is 13.4. The van der Waals surface area contributed by atoms with Crippen LogP contribution in [0.4, 0.5) is 8.78 Å². The fourth-order valence-corrected chi connectivity index (χ4v) is 2.93. The van der Waals surface area contributed by atoms with Gasteiger partial charge in [-0.05, 0) is 36.4 Å². The molecule has 0 aliphatic carbocycles. The Morgan fingerprint density at radius 3 is 2.62 bits per heavy atom. The highest BCUT2D eigenvalue weighted by Gasteiger charge is 2.20. The van der Waals surface area contributed by atoms with Crippen LogP contribution in [-0.4, -0.2) is 25.5 Å². The number of aromatic amines is 1. The highest BCUT2D eigenvalue weighted by atomic mass is 19.3. The number of alkyl halides is 2. The van der Waals surface area contributed by atoms with E-state index in [1.165, 1.54) is 18.2 Å². The Morgan fingerprint density at radius 2 is 1.90 bits per heavy atom. The second kappa shape index (κ2) is 7.63. The molecule has 3 aromatic heterocycles. The Morgan fingerprint density at radius 1 is 1.10 bits per heavy atom. The lowest BCUT2D eigenvalue weighted by Gasteiger charge is -2.08. The number of benzene rings is 1. The van der Waals surface area contributed by atoms with E-state index in [0.29, 0.717) is 21.5 Å². The summed E-state index contributed by atoms with van der Waals surface area (Å²) in [5.41, 5.74) is 0.647. The Bertz CT molecular complexity index is 1240. The predicted octanol–water partition coefficient (Wildman–Crippen LogP) is 3.54. The van der Waals surface area contributed by atoms with E-state index in [1.807, 2.05) is 0 Å². The highest BCUT2D eigenvalue weighted by Crippen LogP contribution is 2.23. The van der Waals surface area contributed by atoms with Gasteiger partial charge in [0.2, 0.25) is 0 Å². The lowest BCUT2D eigenvalue weighted by molar-refractivity contribution is 0.0386. The molecule has 7 nitrogen and oxygen atoms in total. The first-order valence-electron chi connectivity index (χ1n) is 8.60. The molecule has 1 N–H and O–H groups in total. The molecule has 0 aliphatic heterocycles. The molecule has 4 aromatic rings. The molecule has 0 amide bonds. The van der Waals surface area contributed by atoms with Crippen LogP contribution in [0.5, 0.6) is 0 Å². The standard InChI is InChI=1S/C20H14F2N4O3/c21-20(22)26-16-7-2-1-6-15(16)24-17(26)11-29-19(28)12-8-9-14(25-18(12)27)13-5-3-4-10-23-13/h1-10,20H,11H2,(H,25,27). The number of esters is 1. The third-order valence-corrected chi connectivity index (χ3v) is 4.27. The first kappa shape index (κ1) is 18.5. The van der Waals surface area contributed by atoms with E-state index in [0.717, 1.165) is 0 Å². The number of nitrogens with zero attached hydrogens (tertiary/aromatic N) is 3. The number of nitrogens with one attached hydrogen (secondary N) is 1. The fraction of sp³-hybridized carbons (Fsp3) is 0.100. The Kier molecular flexibility index (Phi) is 4.86. The van der Waals surface area contributed by atoms with Gasteiger partial charge in [0.1, 0.15) is 12.2 Å². The van der Waals surface area contributed by atoms with Crippen LogP contribution in [0.25, 0.3) is 22.4 Å². The SMILES string of the molecule is O=C(OCc1nc2ccccc2n1C(F)F)c1ccc(-c2ccccn2)[nH]c1=O. The minimum Gasteiger partial charge on any atom is -0.454 e. The molecule has 0 fully saturated rings. The van der Waals surface area contributed by atoms with E-state index >= 15 is 0 Å². The monoisotopic (exact) mass is 396 g/mol. The number of hydrogen-bond acceptors (Lipinski definition) is 5. The number of para-hydroxylation sites is 2. The van der Waals surface area contributed by atoms with E-state index in [1.54, 1.807) is 42.6 Å². The van der Waals surface area contributed by atoms with Gasteiger partial charge in [-0.25, -0.2) is 9.78 Å². The maximum Gasteiger partial charge on any atom is 0.344 e. The number of carbonyl (C=O) groups is 1. The van der Waals surface area contributed by atoms with Crippen LogP contribution < -0.4 is 5.56 Å². The molecule has 0 atom stereocenters. The molecule has 1 aromatic carbocycles. The van der Waals surface area contributed by atoms with Crippen LogP contribution in [0.15, 0.2) is 65.6 Å². The van der Waals surface area contributed by atoms with E-state index in [-0.39, 0.29) is 16.9 Å². The van der Waals surface area contributed by atoms with Gasteiger partial charge in [-0.2, -0.15) is 8.78 Å². The van der Waals surface area contributed by atoms with Crippen LogP contribution in [0.2, 0.25) is 0 Å². The zero-order valence-electron chi connectivity index (χ0n) is 14.9. The molecule has 0 bridgehead atoms. The summed E-state index contributed by atoms with van der Waals surface area (Å²) < 4.78 is 32.6. The number of rotatable bonds is 5. The fourth-order valence-electron chi connectivity index (χ4n) is 2.93. The summed E-state index contributed by atoms with van der Waals surface area (Å²) in [6.07, 6.45) is 1.57. The van der Waals surface area contributed by atoms with Crippen molar-refractivity contribution >= 4 is 17.0 Å². The smallest absolute Gasteiger partial charge is 0.344 e. The molecule has 0 aliphatic rings. The summed E-state index contributed by atoms with van der Waals surface area (Å²) in [6.45, 7) is -3.35. The summed E-state index contributed by atoms with van der Waals surface area (Å²) in [7, 11) is 0. The number of fused-ring (bicyclic) bond motifs is 1. The molecule has 0 unspecified atom stereocenters. The summed E-state index contributed by atoms with van der Waals surface area (Å²) in [5, 5.41) is 0. The first-order valence-corrected chi connectivity index (χ1v) is 8.60. The van der Waals surface area contributed by atoms with Gasteiger partial charge in [0.15, 0.2) is 5.82 Å². The van der Waals surface area contributed by atoms with Crippen molar-refractivity contribution in [1.82, 2.24) is 19.5 Å². The number of carbonyl (C=O) groups excluding carboxylic acids is 1. The lowest BCUT2D eigenvalue weighted by Crippen LogP contribution is -2.20. The van der Waals surface area contributed by atoms with Crippen LogP contribution in [0.1, 0.15) is 22.7 Å².